The lowest BCUT2D eigenvalue weighted by Gasteiger charge is -2.07. The van der Waals surface area contributed by atoms with Crippen molar-refractivity contribution in [3.8, 4) is 0 Å². The first kappa shape index (κ1) is 10.6. The summed E-state index contributed by atoms with van der Waals surface area (Å²) in [7, 11) is 0. The van der Waals surface area contributed by atoms with Gasteiger partial charge < -0.3 is 4.74 Å². The second-order valence-corrected chi connectivity index (χ2v) is 3.50. The SMILES string of the molecule is CC(C)CC(=O)COC(C)C. The van der Waals surface area contributed by atoms with Crippen molar-refractivity contribution in [2.75, 3.05) is 6.61 Å². The molecular weight excluding hydrogens is 140 g/mol. The highest BCUT2D eigenvalue weighted by Gasteiger charge is 2.05. The van der Waals surface area contributed by atoms with Gasteiger partial charge in [0.05, 0.1) is 6.10 Å². The molecule has 0 heterocycles. The molecule has 0 bridgehead atoms. The molecule has 0 aliphatic heterocycles. The average molecular weight is 158 g/mol. The zero-order chi connectivity index (χ0) is 8.85. The van der Waals surface area contributed by atoms with Crippen molar-refractivity contribution in [3.05, 3.63) is 0 Å². The van der Waals surface area contributed by atoms with E-state index in [1.165, 1.54) is 0 Å². The summed E-state index contributed by atoms with van der Waals surface area (Å²) in [5.74, 6) is 0.645. The molecule has 0 aromatic heterocycles. The van der Waals surface area contributed by atoms with Gasteiger partial charge in [-0.05, 0) is 19.8 Å². The number of hydrogen-bond donors (Lipinski definition) is 0. The van der Waals surface area contributed by atoms with Gasteiger partial charge in [0.15, 0.2) is 5.78 Å². The van der Waals surface area contributed by atoms with Crippen LogP contribution in [0.4, 0.5) is 0 Å². The molecule has 0 aliphatic carbocycles. The summed E-state index contributed by atoms with van der Waals surface area (Å²) in [6.45, 7) is 8.21. The predicted octanol–water partition coefficient (Wildman–Crippen LogP) is 2.03. The Balaban J connectivity index is 3.38. The highest BCUT2D eigenvalue weighted by atomic mass is 16.5. The van der Waals surface area contributed by atoms with E-state index in [0.29, 0.717) is 12.3 Å². The minimum atomic E-state index is 0.158. The number of ether oxygens (including phenoxy) is 1. The van der Waals surface area contributed by atoms with Crippen molar-refractivity contribution in [2.45, 2.75) is 40.2 Å². The van der Waals surface area contributed by atoms with E-state index in [1.807, 2.05) is 27.7 Å². The smallest absolute Gasteiger partial charge is 0.158 e. The predicted molar refractivity (Wildman–Crippen MR) is 45.6 cm³/mol. The van der Waals surface area contributed by atoms with Crippen molar-refractivity contribution in [1.82, 2.24) is 0 Å². The van der Waals surface area contributed by atoms with Gasteiger partial charge >= 0.3 is 0 Å². The molecule has 0 radical (unpaired) electrons. The standard InChI is InChI=1S/C9H18O2/c1-7(2)5-9(10)6-11-8(3)4/h7-8H,5-6H2,1-4H3. The number of Topliss-reactive ketones (excluding diaryl/α,β-unsaturated/α-hetero) is 1. The summed E-state index contributed by atoms with van der Waals surface area (Å²) in [5.41, 5.74) is 0. The molecule has 0 aromatic carbocycles. The Hall–Kier alpha value is -0.370. The molecule has 0 saturated heterocycles. The Kier molecular flexibility index (Phi) is 5.12. The van der Waals surface area contributed by atoms with E-state index < -0.39 is 0 Å². The van der Waals surface area contributed by atoms with Crippen molar-refractivity contribution in [3.63, 3.8) is 0 Å². The number of hydrogen-bond acceptors (Lipinski definition) is 2. The molecule has 2 heteroatoms. The molecule has 2 nitrogen and oxygen atoms in total. The van der Waals surface area contributed by atoms with E-state index in [2.05, 4.69) is 0 Å². The lowest BCUT2D eigenvalue weighted by molar-refractivity contribution is -0.125. The van der Waals surface area contributed by atoms with Gasteiger partial charge in [0, 0.05) is 6.42 Å². The average Bonchev–Trinajstić information content (AvgIpc) is 1.82. The maximum Gasteiger partial charge on any atom is 0.158 e. The van der Waals surface area contributed by atoms with Crippen LogP contribution in [0.15, 0.2) is 0 Å². The quantitative estimate of drug-likeness (QED) is 0.612. The van der Waals surface area contributed by atoms with Crippen LogP contribution in [0.3, 0.4) is 0 Å². The first-order chi connectivity index (χ1) is 5.02. The molecule has 0 amide bonds. The largest absolute Gasteiger partial charge is 0.371 e. The van der Waals surface area contributed by atoms with Gasteiger partial charge in [0.25, 0.3) is 0 Å². The van der Waals surface area contributed by atoms with E-state index in [4.69, 9.17) is 4.74 Å². The maximum absolute atomic E-state index is 11.0. The number of rotatable bonds is 5. The normalized spacial score (nSPS) is 11.1. The lowest BCUT2D eigenvalue weighted by atomic mass is 10.1. The van der Waals surface area contributed by atoms with Crippen LogP contribution < -0.4 is 0 Å². The van der Waals surface area contributed by atoms with Crippen molar-refractivity contribution < 1.29 is 9.53 Å². The molecule has 0 rings (SSSR count). The summed E-state index contributed by atoms with van der Waals surface area (Å²) >= 11 is 0. The van der Waals surface area contributed by atoms with Gasteiger partial charge in [-0.25, -0.2) is 0 Å². The Morgan fingerprint density at radius 2 is 1.82 bits per heavy atom. The molecule has 0 unspecified atom stereocenters. The van der Waals surface area contributed by atoms with Crippen molar-refractivity contribution in [2.24, 2.45) is 5.92 Å². The van der Waals surface area contributed by atoms with E-state index in [9.17, 15) is 4.79 Å². The molecule has 0 saturated carbocycles. The van der Waals surface area contributed by atoms with Crippen LogP contribution in [0, 0.1) is 5.92 Å². The van der Waals surface area contributed by atoms with Crippen LogP contribution in [-0.4, -0.2) is 18.5 Å². The molecule has 11 heavy (non-hydrogen) atoms. The van der Waals surface area contributed by atoms with E-state index >= 15 is 0 Å². The van der Waals surface area contributed by atoms with Crippen LogP contribution in [-0.2, 0) is 9.53 Å². The zero-order valence-corrected chi connectivity index (χ0v) is 7.89. The Bertz CT molecular complexity index is 117. The monoisotopic (exact) mass is 158 g/mol. The fraction of sp³-hybridized carbons (Fsp3) is 0.889. The summed E-state index contributed by atoms with van der Waals surface area (Å²) < 4.78 is 5.15. The molecule has 0 spiro atoms. The van der Waals surface area contributed by atoms with Gasteiger partial charge in [0.2, 0.25) is 0 Å². The highest BCUT2D eigenvalue weighted by molar-refractivity contribution is 5.79. The molecule has 66 valence electrons. The Morgan fingerprint density at radius 3 is 2.18 bits per heavy atom. The number of carbonyl (C=O) groups excluding carboxylic acids is 1. The van der Waals surface area contributed by atoms with Crippen molar-refractivity contribution in [1.29, 1.82) is 0 Å². The molecule has 0 aromatic rings. The van der Waals surface area contributed by atoms with Gasteiger partial charge in [-0.15, -0.1) is 0 Å². The first-order valence-corrected chi connectivity index (χ1v) is 4.15. The van der Waals surface area contributed by atoms with E-state index in [1.54, 1.807) is 0 Å². The Labute approximate surface area is 68.9 Å². The molecule has 0 atom stereocenters. The van der Waals surface area contributed by atoms with Gasteiger partial charge in [0.1, 0.15) is 6.61 Å². The van der Waals surface area contributed by atoms with Gasteiger partial charge in [-0.2, -0.15) is 0 Å². The summed E-state index contributed by atoms with van der Waals surface area (Å²) in [4.78, 5) is 11.0. The van der Waals surface area contributed by atoms with E-state index in [-0.39, 0.29) is 18.5 Å². The number of ketones is 1. The zero-order valence-electron chi connectivity index (χ0n) is 7.89. The fourth-order valence-corrected chi connectivity index (χ4v) is 0.774. The van der Waals surface area contributed by atoms with Crippen LogP contribution in [0.2, 0.25) is 0 Å². The molecule has 0 N–H and O–H groups in total. The van der Waals surface area contributed by atoms with Crippen LogP contribution in [0.25, 0.3) is 0 Å². The van der Waals surface area contributed by atoms with Crippen LogP contribution >= 0.6 is 0 Å². The lowest BCUT2D eigenvalue weighted by Crippen LogP contribution is -2.14. The summed E-state index contributed by atoms with van der Waals surface area (Å²) in [6, 6.07) is 0. The second kappa shape index (κ2) is 5.30. The third-order valence-electron chi connectivity index (χ3n) is 1.21. The van der Waals surface area contributed by atoms with Crippen molar-refractivity contribution >= 4 is 5.78 Å². The second-order valence-electron chi connectivity index (χ2n) is 3.50. The third-order valence-corrected chi connectivity index (χ3v) is 1.21. The maximum atomic E-state index is 11.0. The van der Waals surface area contributed by atoms with Gasteiger partial charge in [-0.3, -0.25) is 4.79 Å². The molecule has 0 aliphatic rings. The molecular formula is C9H18O2. The first-order valence-electron chi connectivity index (χ1n) is 4.15. The fourth-order valence-electron chi connectivity index (χ4n) is 0.774. The molecule has 0 fully saturated rings. The topological polar surface area (TPSA) is 26.3 Å². The van der Waals surface area contributed by atoms with E-state index in [0.717, 1.165) is 0 Å². The summed E-state index contributed by atoms with van der Waals surface area (Å²) in [5, 5.41) is 0. The van der Waals surface area contributed by atoms with Crippen LogP contribution in [0.1, 0.15) is 34.1 Å². The Morgan fingerprint density at radius 1 is 1.27 bits per heavy atom. The minimum Gasteiger partial charge on any atom is -0.371 e. The highest BCUT2D eigenvalue weighted by Crippen LogP contribution is 2.00. The third kappa shape index (κ3) is 7.53. The van der Waals surface area contributed by atoms with Crippen LogP contribution in [0.5, 0.6) is 0 Å². The number of carbonyl (C=O) groups is 1. The minimum absolute atomic E-state index is 0.158. The summed E-state index contributed by atoms with van der Waals surface area (Å²) in [6.07, 6.45) is 0.790. The van der Waals surface area contributed by atoms with Gasteiger partial charge in [-0.1, -0.05) is 13.8 Å².